The van der Waals surface area contributed by atoms with Crippen LogP contribution in [0.4, 0.5) is 0 Å². The van der Waals surface area contributed by atoms with Gasteiger partial charge in [0.1, 0.15) is 22.5 Å². The third-order valence-electron chi connectivity index (χ3n) is 6.47. The summed E-state index contributed by atoms with van der Waals surface area (Å²) in [7, 11) is 1.52. The highest BCUT2D eigenvalue weighted by atomic mass is 16.5. The SMILES string of the molecule is COc1ccc(C2CC(=O)Oc3cc(O)c4c(=O)c(O)c(-c5ccc(O)c(O)c5)oc4c32)cc1OCC(C)C. The second kappa shape index (κ2) is 9.79. The fraction of sp³-hybridized carbons (Fsp3) is 0.241. The van der Waals surface area contributed by atoms with Gasteiger partial charge in [0, 0.05) is 23.1 Å². The Morgan fingerprint density at radius 2 is 1.72 bits per heavy atom. The van der Waals surface area contributed by atoms with E-state index in [0.717, 1.165) is 12.1 Å². The van der Waals surface area contributed by atoms with Crippen molar-refractivity contribution in [2.24, 2.45) is 5.92 Å². The number of ether oxygens (including phenoxy) is 3. The number of phenolic OH excluding ortho intramolecular Hbond substituents is 3. The summed E-state index contributed by atoms with van der Waals surface area (Å²) in [6.45, 7) is 4.44. The first kappa shape index (κ1) is 25.8. The molecule has 10 heteroatoms. The number of esters is 1. The summed E-state index contributed by atoms with van der Waals surface area (Å²) in [5.41, 5.74) is 0.0126. The van der Waals surface area contributed by atoms with Gasteiger partial charge in [0.25, 0.3) is 0 Å². The van der Waals surface area contributed by atoms with Crippen LogP contribution in [0, 0.1) is 5.92 Å². The van der Waals surface area contributed by atoms with Crippen LogP contribution in [0.3, 0.4) is 0 Å². The molecule has 0 saturated carbocycles. The highest BCUT2D eigenvalue weighted by Crippen LogP contribution is 2.48. The summed E-state index contributed by atoms with van der Waals surface area (Å²) >= 11 is 0. The number of hydrogen-bond donors (Lipinski definition) is 4. The lowest BCUT2D eigenvalue weighted by molar-refractivity contribution is -0.135. The van der Waals surface area contributed by atoms with Crippen molar-refractivity contribution in [3.8, 4) is 51.6 Å². The monoisotopic (exact) mass is 534 g/mol. The van der Waals surface area contributed by atoms with Crippen LogP contribution in [0.15, 0.2) is 51.7 Å². The Bertz CT molecular complexity index is 1670. The minimum absolute atomic E-state index is 0.00457. The second-order valence-corrected chi connectivity index (χ2v) is 9.67. The zero-order chi connectivity index (χ0) is 28.0. The molecule has 0 radical (unpaired) electrons. The smallest absolute Gasteiger partial charge is 0.312 e. The Balaban J connectivity index is 1.76. The van der Waals surface area contributed by atoms with Crippen molar-refractivity contribution in [2.75, 3.05) is 13.7 Å². The number of benzene rings is 3. The van der Waals surface area contributed by atoms with Crippen molar-refractivity contribution in [2.45, 2.75) is 26.2 Å². The molecule has 4 N–H and O–H groups in total. The average Bonchev–Trinajstić information content (AvgIpc) is 2.90. The van der Waals surface area contributed by atoms with Crippen LogP contribution in [-0.2, 0) is 4.79 Å². The first-order chi connectivity index (χ1) is 18.6. The predicted molar refractivity (Wildman–Crippen MR) is 140 cm³/mol. The maximum absolute atomic E-state index is 13.2. The zero-order valence-electron chi connectivity index (χ0n) is 21.3. The molecule has 1 aromatic heterocycles. The lowest BCUT2D eigenvalue weighted by atomic mass is 9.85. The Labute approximate surface area is 222 Å². The van der Waals surface area contributed by atoms with Crippen molar-refractivity contribution < 1.29 is 43.8 Å². The van der Waals surface area contributed by atoms with Gasteiger partial charge in [0.15, 0.2) is 28.8 Å². The number of carbonyl (C=O) groups is 1. The van der Waals surface area contributed by atoms with Crippen molar-refractivity contribution in [3.05, 3.63) is 63.8 Å². The van der Waals surface area contributed by atoms with Gasteiger partial charge in [-0.3, -0.25) is 9.59 Å². The fourth-order valence-electron chi connectivity index (χ4n) is 4.61. The number of rotatable bonds is 6. The molecule has 5 rings (SSSR count). The van der Waals surface area contributed by atoms with E-state index >= 15 is 0 Å². The van der Waals surface area contributed by atoms with Crippen LogP contribution in [0.5, 0.6) is 40.2 Å². The molecule has 0 bridgehead atoms. The van der Waals surface area contributed by atoms with Gasteiger partial charge in [-0.15, -0.1) is 0 Å². The van der Waals surface area contributed by atoms with E-state index < -0.39 is 40.3 Å². The quantitative estimate of drug-likeness (QED) is 0.154. The van der Waals surface area contributed by atoms with E-state index in [-0.39, 0.29) is 40.4 Å². The van der Waals surface area contributed by atoms with E-state index in [1.54, 1.807) is 18.2 Å². The highest BCUT2D eigenvalue weighted by Gasteiger charge is 2.35. The lowest BCUT2D eigenvalue weighted by Gasteiger charge is -2.26. The van der Waals surface area contributed by atoms with Crippen LogP contribution >= 0.6 is 0 Å². The molecule has 0 saturated heterocycles. The van der Waals surface area contributed by atoms with Gasteiger partial charge in [-0.1, -0.05) is 19.9 Å². The molecular formula is C29H26O10. The first-order valence-electron chi connectivity index (χ1n) is 12.2. The van der Waals surface area contributed by atoms with Gasteiger partial charge in [0.2, 0.25) is 11.2 Å². The number of carbonyl (C=O) groups excluding carboxylic acids is 1. The first-order valence-corrected chi connectivity index (χ1v) is 12.2. The molecule has 3 aromatic carbocycles. The number of phenols is 3. The summed E-state index contributed by atoms with van der Waals surface area (Å²) in [6.07, 6.45) is -0.108. The third-order valence-corrected chi connectivity index (χ3v) is 6.47. The minimum Gasteiger partial charge on any atom is -0.507 e. The van der Waals surface area contributed by atoms with E-state index in [1.165, 1.54) is 19.2 Å². The van der Waals surface area contributed by atoms with E-state index in [9.17, 15) is 30.0 Å². The molecule has 0 amide bonds. The van der Waals surface area contributed by atoms with Gasteiger partial charge in [0.05, 0.1) is 20.1 Å². The van der Waals surface area contributed by atoms with Crippen LogP contribution < -0.4 is 19.6 Å². The standard InChI is InChI=1S/C29H26O10/c1-13(2)12-37-21-9-14(5-7-20(21)36-3)16-10-23(33)38-22-11-19(32)25-26(34)27(35)28(39-29(25)24(16)22)15-4-6-17(30)18(31)8-15/h4-9,11,13,16,30-32,35H,10,12H2,1-3H3. The average molecular weight is 535 g/mol. The summed E-state index contributed by atoms with van der Waals surface area (Å²) < 4.78 is 22.8. The molecule has 2 heterocycles. The topological polar surface area (TPSA) is 156 Å². The minimum atomic E-state index is -0.926. The van der Waals surface area contributed by atoms with Crippen LogP contribution in [0.2, 0.25) is 0 Å². The van der Waals surface area contributed by atoms with Gasteiger partial charge in [-0.05, 0) is 41.8 Å². The summed E-state index contributed by atoms with van der Waals surface area (Å²) in [5.74, 6) is -2.58. The summed E-state index contributed by atoms with van der Waals surface area (Å²) in [6, 6.07) is 9.98. The number of methoxy groups -OCH3 is 1. The Hall–Kier alpha value is -4.86. The van der Waals surface area contributed by atoms with Gasteiger partial charge in [-0.2, -0.15) is 0 Å². The van der Waals surface area contributed by atoms with Gasteiger partial charge in [-0.25, -0.2) is 0 Å². The number of aromatic hydroxyl groups is 4. The molecule has 202 valence electrons. The molecule has 0 spiro atoms. The molecule has 1 atom stereocenters. The van der Waals surface area contributed by atoms with Crippen molar-refractivity contribution >= 4 is 16.9 Å². The Kier molecular flexibility index (Phi) is 6.47. The number of fused-ring (bicyclic) bond motifs is 3. The molecule has 1 aliphatic rings. The van der Waals surface area contributed by atoms with Crippen LogP contribution in [0.1, 0.15) is 37.3 Å². The van der Waals surface area contributed by atoms with E-state index in [4.69, 9.17) is 18.6 Å². The summed E-state index contributed by atoms with van der Waals surface area (Å²) in [5, 5.41) is 40.7. The van der Waals surface area contributed by atoms with E-state index in [0.29, 0.717) is 29.2 Å². The van der Waals surface area contributed by atoms with Crippen LogP contribution in [0.25, 0.3) is 22.3 Å². The Morgan fingerprint density at radius 3 is 2.41 bits per heavy atom. The molecule has 39 heavy (non-hydrogen) atoms. The van der Waals surface area contributed by atoms with Gasteiger partial charge >= 0.3 is 5.97 Å². The molecule has 1 unspecified atom stereocenters. The predicted octanol–water partition coefficient (Wildman–Crippen LogP) is 4.77. The number of hydrogen-bond acceptors (Lipinski definition) is 10. The molecule has 10 nitrogen and oxygen atoms in total. The molecule has 4 aromatic rings. The maximum Gasteiger partial charge on any atom is 0.312 e. The van der Waals surface area contributed by atoms with E-state index in [1.807, 2.05) is 13.8 Å². The second-order valence-electron chi connectivity index (χ2n) is 9.67. The third kappa shape index (κ3) is 4.54. The zero-order valence-corrected chi connectivity index (χ0v) is 21.3. The summed E-state index contributed by atoms with van der Waals surface area (Å²) in [4.78, 5) is 25.9. The largest absolute Gasteiger partial charge is 0.507 e. The Morgan fingerprint density at radius 1 is 0.949 bits per heavy atom. The molecule has 1 aliphatic heterocycles. The molecule has 0 fully saturated rings. The van der Waals surface area contributed by atoms with Crippen molar-refractivity contribution in [1.82, 2.24) is 0 Å². The normalized spacial score (nSPS) is 14.8. The molecular weight excluding hydrogens is 508 g/mol. The van der Waals surface area contributed by atoms with Crippen LogP contribution in [-0.4, -0.2) is 40.1 Å². The van der Waals surface area contributed by atoms with Crippen molar-refractivity contribution in [3.63, 3.8) is 0 Å². The van der Waals surface area contributed by atoms with Gasteiger partial charge < -0.3 is 39.1 Å². The maximum atomic E-state index is 13.2. The fourth-order valence-corrected chi connectivity index (χ4v) is 4.61. The van der Waals surface area contributed by atoms with Crippen molar-refractivity contribution in [1.29, 1.82) is 0 Å². The van der Waals surface area contributed by atoms with E-state index in [2.05, 4.69) is 0 Å². The lowest BCUT2D eigenvalue weighted by Crippen LogP contribution is -2.22. The molecule has 0 aliphatic carbocycles. The highest BCUT2D eigenvalue weighted by molar-refractivity contribution is 5.94.